The van der Waals surface area contributed by atoms with Gasteiger partial charge in [0, 0.05) is 22.4 Å². The SMILES string of the molecule is O=C(COc1ccccc1)N[C@@H]1C(=O)N2C(C(=O)OCc3ccc([N+](=O)[O-])cc3)=C(Br)CS[C@@H]12. The Balaban J connectivity index is 1.34. The van der Waals surface area contributed by atoms with Gasteiger partial charge in [0.15, 0.2) is 6.61 Å². The van der Waals surface area contributed by atoms with Crippen molar-refractivity contribution < 1.29 is 28.8 Å². The van der Waals surface area contributed by atoms with Crippen molar-refractivity contribution in [1.82, 2.24) is 10.2 Å². The highest BCUT2D eigenvalue weighted by atomic mass is 79.9. The molecule has 12 heteroatoms. The highest BCUT2D eigenvalue weighted by molar-refractivity contribution is 9.11. The molecule has 2 aromatic carbocycles. The van der Waals surface area contributed by atoms with Crippen molar-refractivity contribution >= 4 is 51.2 Å². The van der Waals surface area contributed by atoms with Crippen LogP contribution in [0.25, 0.3) is 0 Å². The van der Waals surface area contributed by atoms with Gasteiger partial charge >= 0.3 is 5.97 Å². The maximum absolute atomic E-state index is 12.8. The van der Waals surface area contributed by atoms with Gasteiger partial charge in [-0.3, -0.25) is 24.6 Å². The van der Waals surface area contributed by atoms with Gasteiger partial charge in [-0.05, 0) is 29.8 Å². The van der Waals surface area contributed by atoms with Crippen molar-refractivity contribution in [2.45, 2.75) is 18.0 Å². The van der Waals surface area contributed by atoms with Crippen LogP contribution in [0.2, 0.25) is 0 Å². The number of ether oxygens (including phenoxy) is 2. The monoisotopic (exact) mass is 547 g/mol. The van der Waals surface area contributed by atoms with E-state index in [4.69, 9.17) is 9.47 Å². The van der Waals surface area contributed by atoms with E-state index in [1.54, 1.807) is 24.3 Å². The number of fused-ring (bicyclic) bond motifs is 1. The number of nitro benzene ring substituents is 1. The second-order valence-electron chi connectivity index (χ2n) is 7.31. The van der Waals surface area contributed by atoms with E-state index >= 15 is 0 Å². The number of thioether (sulfide) groups is 1. The molecule has 34 heavy (non-hydrogen) atoms. The number of nitrogens with one attached hydrogen (secondary N) is 1. The Kier molecular flexibility index (Phi) is 7.17. The number of hydrogen-bond acceptors (Lipinski definition) is 8. The van der Waals surface area contributed by atoms with Crippen molar-refractivity contribution in [3.8, 4) is 5.75 Å². The first-order valence-corrected chi connectivity index (χ1v) is 11.9. The topological polar surface area (TPSA) is 128 Å². The molecule has 0 spiro atoms. The van der Waals surface area contributed by atoms with E-state index in [0.29, 0.717) is 21.5 Å². The fraction of sp³-hybridized carbons (Fsp3) is 0.227. The van der Waals surface area contributed by atoms with Gasteiger partial charge in [-0.2, -0.15) is 0 Å². The third kappa shape index (κ3) is 5.07. The van der Waals surface area contributed by atoms with Gasteiger partial charge < -0.3 is 14.8 Å². The van der Waals surface area contributed by atoms with E-state index in [9.17, 15) is 24.5 Å². The minimum absolute atomic E-state index is 0.0684. The summed E-state index contributed by atoms with van der Waals surface area (Å²) < 4.78 is 11.3. The highest BCUT2D eigenvalue weighted by Crippen LogP contribution is 2.42. The average Bonchev–Trinajstić information content (AvgIpc) is 2.85. The number of amides is 2. The van der Waals surface area contributed by atoms with Crippen LogP contribution in [0, 0.1) is 10.1 Å². The number of benzene rings is 2. The fourth-order valence-corrected chi connectivity index (χ4v) is 5.32. The maximum Gasteiger partial charge on any atom is 0.356 e. The molecule has 0 aromatic heterocycles. The van der Waals surface area contributed by atoms with Gasteiger partial charge in [-0.1, -0.05) is 34.1 Å². The minimum Gasteiger partial charge on any atom is -0.484 e. The summed E-state index contributed by atoms with van der Waals surface area (Å²) in [5.41, 5.74) is 0.582. The van der Waals surface area contributed by atoms with Crippen molar-refractivity contribution in [3.05, 3.63) is 80.5 Å². The molecule has 10 nitrogen and oxygen atoms in total. The van der Waals surface area contributed by atoms with Gasteiger partial charge in [0.25, 0.3) is 17.5 Å². The van der Waals surface area contributed by atoms with Crippen LogP contribution < -0.4 is 10.1 Å². The Hall–Kier alpha value is -3.38. The van der Waals surface area contributed by atoms with E-state index in [-0.39, 0.29) is 24.6 Å². The molecule has 2 amide bonds. The summed E-state index contributed by atoms with van der Waals surface area (Å²) in [6.45, 7) is -0.355. The van der Waals surface area contributed by atoms with E-state index in [2.05, 4.69) is 21.2 Å². The van der Waals surface area contributed by atoms with Crippen molar-refractivity contribution in [2.75, 3.05) is 12.4 Å². The summed E-state index contributed by atoms with van der Waals surface area (Å²) >= 11 is 4.74. The lowest BCUT2D eigenvalue weighted by Crippen LogP contribution is -2.70. The first-order valence-electron chi connectivity index (χ1n) is 10.1. The molecule has 2 aliphatic heterocycles. The Labute approximate surface area is 206 Å². The van der Waals surface area contributed by atoms with Crippen LogP contribution in [-0.4, -0.2) is 51.4 Å². The number of rotatable bonds is 8. The molecular formula is C22H18BrN3O7S. The van der Waals surface area contributed by atoms with E-state index < -0.39 is 34.1 Å². The number of β-lactam (4-membered cyclic amide) rings is 1. The quantitative estimate of drug-likeness (QED) is 0.231. The van der Waals surface area contributed by atoms with Gasteiger partial charge in [0.2, 0.25) is 0 Å². The maximum atomic E-state index is 12.8. The molecule has 2 aromatic rings. The number of carbonyl (C=O) groups is 3. The molecule has 2 aliphatic rings. The number of para-hydroxylation sites is 1. The third-order valence-corrected chi connectivity index (χ3v) is 7.37. The smallest absolute Gasteiger partial charge is 0.356 e. The van der Waals surface area contributed by atoms with Gasteiger partial charge in [0.1, 0.15) is 29.5 Å². The number of halogens is 1. The molecule has 0 aliphatic carbocycles. The van der Waals surface area contributed by atoms with E-state index in [1.165, 1.54) is 40.9 Å². The van der Waals surface area contributed by atoms with Gasteiger partial charge in [-0.15, -0.1) is 11.8 Å². The van der Waals surface area contributed by atoms with Crippen molar-refractivity contribution in [3.63, 3.8) is 0 Å². The lowest BCUT2D eigenvalue weighted by Gasteiger charge is -2.49. The average molecular weight is 548 g/mol. The van der Waals surface area contributed by atoms with Crippen LogP contribution in [0.3, 0.4) is 0 Å². The number of non-ortho nitro benzene ring substituents is 1. The molecule has 1 fully saturated rings. The normalized spacial score (nSPS) is 19.1. The summed E-state index contributed by atoms with van der Waals surface area (Å²) in [4.78, 5) is 49.3. The number of hydrogen-bond donors (Lipinski definition) is 1. The fourth-order valence-electron chi connectivity index (χ4n) is 3.38. The summed E-state index contributed by atoms with van der Waals surface area (Å²) in [7, 11) is 0. The minimum atomic E-state index is -0.782. The molecule has 0 radical (unpaired) electrons. The Morgan fingerprint density at radius 2 is 1.88 bits per heavy atom. The summed E-state index contributed by atoms with van der Waals surface area (Å²) in [6.07, 6.45) is 0. The summed E-state index contributed by atoms with van der Waals surface area (Å²) in [5.74, 6) is -0.622. The molecule has 1 saturated heterocycles. The summed E-state index contributed by atoms with van der Waals surface area (Å²) in [6, 6.07) is 13.7. The molecule has 4 rings (SSSR count). The highest BCUT2D eigenvalue weighted by Gasteiger charge is 2.54. The predicted octanol–water partition coefficient (Wildman–Crippen LogP) is 2.72. The number of carbonyl (C=O) groups excluding carboxylic acids is 3. The molecule has 2 heterocycles. The first kappa shape index (κ1) is 23.8. The van der Waals surface area contributed by atoms with Crippen LogP contribution in [0.4, 0.5) is 5.69 Å². The second-order valence-corrected chi connectivity index (χ2v) is 9.37. The van der Waals surface area contributed by atoms with E-state index in [1.807, 2.05) is 6.07 Å². The molecule has 176 valence electrons. The predicted molar refractivity (Wildman–Crippen MR) is 126 cm³/mol. The summed E-state index contributed by atoms with van der Waals surface area (Å²) in [5, 5.41) is 13.0. The Morgan fingerprint density at radius 1 is 1.18 bits per heavy atom. The van der Waals surface area contributed by atoms with Crippen LogP contribution >= 0.6 is 27.7 Å². The van der Waals surface area contributed by atoms with Crippen LogP contribution in [0.5, 0.6) is 5.75 Å². The van der Waals surface area contributed by atoms with Crippen LogP contribution in [0.15, 0.2) is 64.8 Å². The number of nitrogens with zero attached hydrogens (tertiary/aromatic N) is 2. The number of nitro groups is 1. The van der Waals surface area contributed by atoms with Gasteiger partial charge in [-0.25, -0.2) is 4.79 Å². The van der Waals surface area contributed by atoms with Crippen molar-refractivity contribution in [2.24, 2.45) is 0 Å². The van der Waals surface area contributed by atoms with Gasteiger partial charge in [0.05, 0.1) is 4.92 Å². The molecule has 2 atom stereocenters. The zero-order valence-electron chi connectivity index (χ0n) is 17.5. The standard InChI is InChI=1S/C22H18BrN3O7S/c23-16-12-34-21-18(24-17(27)11-32-15-4-2-1-3-5-15)20(28)25(21)19(16)22(29)33-10-13-6-8-14(9-7-13)26(30)31/h1-9,18,21H,10-12H2,(H,24,27)/t18-,21+/m1/s1. The lowest BCUT2D eigenvalue weighted by molar-refractivity contribution is -0.384. The Bertz CT molecular complexity index is 1160. The lowest BCUT2D eigenvalue weighted by atomic mass is 10.1. The third-order valence-electron chi connectivity index (χ3n) is 5.06. The van der Waals surface area contributed by atoms with Crippen LogP contribution in [-0.2, 0) is 25.7 Å². The molecular weight excluding hydrogens is 530 g/mol. The van der Waals surface area contributed by atoms with E-state index in [0.717, 1.165) is 0 Å². The molecule has 0 saturated carbocycles. The molecule has 0 bridgehead atoms. The zero-order valence-corrected chi connectivity index (χ0v) is 19.9. The second kappa shape index (κ2) is 10.3. The largest absolute Gasteiger partial charge is 0.484 e. The van der Waals surface area contributed by atoms with Crippen LogP contribution in [0.1, 0.15) is 5.56 Å². The first-order chi connectivity index (χ1) is 16.3. The zero-order chi connectivity index (χ0) is 24.2. The molecule has 0 unspecified atom stereocenters. The van der Waals surface area contributed by atoms with Crippen molar-refractivity contribution in [1.29, 1.82) is 0 Å². The molecule has 1 N–H and O–H groups in total. The Morgan fingerprint density at radius 3 is 2.56 bits per heavy atom. The number of esters is 1.